The minimum absolute atomic E-state index is 0.0674. The molecule has 51 heavy (non-hydrogen) atoms. The highest BCUT2D eigenvalue weighted by Crippen LogP contribution is 2.50. The second-order valence-electron chi connectivity index (χ2n) is 12.5. The molecule has 0 aliphatic rings. The van der Waals surface area contributed by atoms with Crippen molar-refractivity contribution in [3.8, 4) is 55.6 Å². The number of rotatable bonds is 5. The van der Waals surface area contributed by atoms with Crippen molar-refractivity contribution >= 4 is 43.5 Å². The average molecular weight is 658 g/mol. The number of furan rings is 1. The van der Waals surface area contributed by atoms with Gasteiger partial charge in [0.25, 0.3) is 0 Å². The van der Waals surface area contributed by atoms with E-state index in [0.29, 0.717) is 55.0 Å². The van der Waals surface area contributed by atoms with Gasteiger partial charge in [-0.05, 0) is 95.4 Å². The third kappa shape index (κ3) is 4.78. The Morgan fingerprint density at radius 1 is 0.333 bits per heavy atom. The van der Waals surface area contributed by atoms with E-state index in [0.717, 1.165) is 38.6 Å². The summed E-state index contributed by atoms with van der Waals surface area (Å²) < 4.78 is 85.6. The number of hydrogen-bond acceptors (Lipinski definition) is 1. The summed E-state index contributed by atoms with van der Waals surface area (Å²) in [7, 11) is 0. The van der Waals surface area contributed by atoms with E-state index >= 15 is 0 Å². The first-order valence-electron chi connectivity index (χ1n) is 21.3. The predicted molar refractivity (Wildman–Crippen MR) is 216 cm³/mol. The van der Waals surface area contributed by atoms with Crippen molar-refractivity contribution in [1.82, 2.24) is 0 Å². The Balaban J connectivity index is 1.35. The Morgan fingerprint density at radius 3 is 1.59 bits per heavy atom. The molecule has 0 fully saturated rings. The molecule has 0 radical (unpaired) electrons. The highest BCUT2D eigenvalue weighted by molar-refractivity contribution is 6.27. The molecule has 1 aromatic heterocycles. The summed E-state index contributed by atoms with van der Waals surface area (Å²) >= 11 is 0. The van der Waals surface area contributed by atoms with Crippen molar-refractivity contribution in [3.63, 3.8) is 0 Å². The maximum absolute atomic E-state index is 9.67. The van der Waals surface area contributed by atoms with E-state index in [9.17, 15) is 2.74 Å². The van der Waals surface area contributed by atoms with Crippen molar-refractivity contribution in [2.45, 2.75) is 0 Å². The zero-order valence-electron chi connectivity index (χ0n) is 36.2. The molecule has 0 spiro atoms. The van der Waals surface area contributed by atoms with Crippen LogP contribution in [0, 0.1) is 0 Å². The van der Waals surface area contributed by atoms with E-state index in [1.165, 1.54) is 0 Å². The molecule has 1 heterocycles. The van der Waals surface area contributed by atoms with Gasteiger partial charge in [-0.1, -0.05) is 176 Å². The van der Waals surface area contributed by atoms with Crippen LogP contribution >= 0.6 is 0 Å². The normalized spacial score (nSPS) is 14.0. The van der Waals surface area contributed by atoms with Crippen LogP contribution in [0.1, 0.15) is 12.3 Å². The number of benzene rings is 9. The van der Waals surface area contributed by atoms with Crippen LogP contribution < -0.4 is 0 Å². The Morgan fingerprint density at radius 2 is 0.902 bits per heavy atom. The van der Waals surface area contributed by atoms with Crippen LogP contribution in [0.2, 0.25) is 0 Å². The van der Waals surface area contributed by atoms with Gasteiger partial charge in [-0.15, -0.1) is 0 Å². The Hall–Kier alpha value is -6.70. The van der Waals surface area contributed by atoms with E-state index < -0.39 is 18.1 Å². The van der Waals surface area contributed by atoms with Crippen molar-refractivity contribution in [3.05, 3.63) is 194 Å². The van der Waals surface area contributed by atoms with Crippen LogP contribution in [0.4, 0.5) is 0 Å². The van der Waals surface area contributed by atoms with Gasteiger partial charge in [0.15, 0.2) is 0 Å². The van der Waals surface area contributed by atoms with Gasteiger partial charge in [-0.3, -0.25) is 0 Å². The van der Waals surface area contributed by atoms with E-state index in [1.54, 1.807) is 12.1 Å². The molecular weight excluding hydrogens is 617 g/mol. The summed E-state index contributed by atoms with van der Waals surface area (Å²) in [4.78, 5) is 0. The molecule has 10 rings (SSSR count). The molecule has 0 aliphatic heterocycles. The fraction of sp³-hybridized carbons (Fsp3) is 0. The summed E-state index contributed by atoms with van der Waals surface area (Å²) in [6, 6.07) is 42.1. The molecule has 0 bridgehead atoms. The molecule has 9 aromatic carbocycles. The Bertz CT molecular complexity index is 3330. The quantitative estimate of drug-likeness (QED) is 0.168. The summed E-state index contributed by atoms with van der Waals surface area (Å²) in [6.07, 6.45) is 0. The van der Waals surface area contributed by atoms with Crippen molar-refractivity contribution in [1.29, 1.82) is 0 Å². The minimum atomic E-state index is -0.466. The summed E-state index contributed by atoms with van der Waals surface area (Å²) in [5.74, 6) is 0. The molecular formula is C50H32O. The average Bonchev–Trinajstić information content (AvgIpc) is 3.67. The van der Waals surface area contributed by atoms with E-state index in [2.05, 4.69) is 36.4 Å². The smallest absolute Gasteiger partial charge is 0.136 e. The predicted octanol–water partition coefficient (Wildman–Crippen LogP) is 14.2. The lowest BCUT2D eigenvalue weighted by molar-refractivity contribution is 0.669. The largest absolute Gasteiger partial charge is 0.456 e. The van der Waals surface area contributed by atoms with Gasteiger partial charge in [-0.2, -0.15) is 0 Å². The lowest BCUT2D eigenvalue weighted by Gasteiger charge is -2.22. The third-order valence-corrected chi connectivity index (χ3v) is 9.69. The molecule has 0 N–H and O–H groups in total. The summed E-state index contributed by atoms with van der Waals surface area (Å²) in [5.41, 5.74) is 8.04. The van der Waals surface area contributed by atoms with Gasteiger partial charge in [-0.25, -0.2) is 0 Å². The first-order chi connectivity index (χ1) is 29.1. The molecule has 1 nitrogen and oxygen atoms in total. The van der Waals surface area contributed by atoms with Crippen LogP contribution in [0.15, 0.2) is 198 Å². The lowest BCUT2D eigenvalue weighted by atomic mass is 9.80. The first-order valence-corrected chi connectivity index (χ1v) is 16.8. The maximum Gasteiger partial charge on any atom is 0.136 e. The standard InChI is InChI=1S/C50H32O/c1-4-16-33(17-5-1)36-30-31-43-46(32-36)51-45-29-15-28-44(48(43)45)47-39-22-10-12-24-41(39)50(42-25-13-11-23-40(42)47)49-37(34-18-6-2-7-19-34)26-14-27-38(49)35-20-8-3-9-21-35/h1-32H/i1D,4D,5D,10D,12D,16D,17D,22D,24D. The van der Waals surface area contributed by atoms with E-state index in [4.69, 9.17) is 14.0 Å². The van der Waals surface area contributed by atoms with Crippen LogP contribution in [0.25, 0.3) is 99.1 Å². The highest BCUT2D eigenvalue weighted by Gasteiger charge is 2.23. The second kappa shape index (κ2) is 12.0. The molecule has 10 aromatic rings. The van der Waals surface area contributed by atoms with Gasteiger partial charge >= 0.3 is 0 Å². The Kier molecular flexibility index (Phi) is 5.04. The topological polar surface area (TPSA) is 13.1 Å². The van der Waals surface area contributed by atoms with E-state index in [-0.39, 0.29) is 41.8 Å². The van der Waals surface area contributed by atoms with Crippen molar-refractivity contribution < 1.29 is 16.8 Å². The third-order valence-electron chi connectivity index (χ3n) is 9.69. The molecule has 238 valence electrons. The van der Waals surface area contributed by atoms with Gasteiger partial charge in [0, 0.05) is 10.8 Å². The van der Waals surface area contributed by atoms with E-state index in [1.807, 2.05) is 91.0 Å². The van der Waals surface area contributed by atoms with Crippen LogP contribution in [0.5, 0.6) is 0 Å². The molecule has 0 aliphatic carbocycles. The second-order valence-corrected chi connectivity index (χ2v) is 12.5. The minimum Gasteiger partial charge on any atom is -0.456 e. The number of hydrogen-bond donors (Lipinski definition) is 0. The molecule has 0 saturated heterocycles. The zero-order valence-corrected chi connectivity index (χ0v) is 27.2. The van der Waals surface area contributed by atoms with Crippen LogP contribution in [-0.4, -0.2) is 0 Å². The highest BCUT2D eigenvalue weighted by atomic mass is 16.3. The van der Waals surface area contributed by atoms with Crippen LogP contribution in [-0.2, 0) is 0 Å². The fourth-order valence-electron chi connectivity index (χ4n) is 7.54. The molecule has 0 unspecified atom stereocenters. The number of fused-ring (bicyclic) bond motifs is 5. The van der Waals surface area contributed by atoms with Gasteiger partial charge in [0.2, 0.25) is 0 Å². The van der Waals surface area contributed by atoms with Gasteiger partial charge < -0.3 is 4.42 Å². The van der Waals surface area contributed by atoms with Crippen LogP contribution in [0.3, 0.4) is 0 Å². The molecule has 0 atom stereocenters. The maximum atomic E-state index is 9.67. The lowest BCUT2D eigenvalue weighted by Crippen LogP contribution is -1.95. The first kappa shape index (κ1) is 21.4. The Labute approximate surface area is 309 Å². The van der Waals surface area contributed by atoms with Crippen molar-refractivity contribution in [2.75, 3.05) is 0 Å². The monoisotopic (exact) mass is 657 g/mol. The fourth-order valence-corrected chi connectivity index (χ4v) is 7.54. The molecule has 0 amide bonds. The van der Waals surface area contributed by atoms with Gasteiger partial charge in [0.05, 0.1) is 12.3 Å². The summed E-state index contributed by atoms with van der Waals surface area (Å²) in [6.45, 7) is 0. The summed E-state index contributed by atoms with van der Waals surface area (Å²) in [5, 5.41) is 3.75. The van der Waals surface area contributed by atoms with Gasteiger partial charge in [0.1, 0.15) is 11.2 Å². The van der Waals surface area contributed by atoms with Crippen molar-refractivity contribution in [2.24, 2.45) is 0 Å². The molecule has 1 heteroatoms. The zero-order chi connectivity index (χ0) is 41.6. The molecule has 0 saturated carbocycles. The SMILES string of the molecule is [2H]c1c([2H])c([2H])c(-c2ccc3c(c2)oc2cccc(-c4c5ccccc5c(-c5c(-c6ccccc6)cccc5-c5ccccc5)c5c([2H])c([2H])c([2H])c([2H])c45)c23)c([2H])c1[2H].